The van der Waals surface area contributed by atoms with Crippen LogP contribution in [0.3, 0.4) is 0 Å². The van der Waals surface area contributed by atoms with Gasteiger partial charge >= 0.3 is 0 Å². The summed E-state index contributed by atoms with van der Waals surface area (Å²) in [4.78, 5) is 27.5. The van der Waals surface area contributed by atoms with Crippen LogP contribution < -0.4 is 5.32 Å². The molecule has 3 rings (SSSR count). The first kappa shape index (κ1) is 15.7. The molecule has 0 unspecified atom stereocenters. The number of anilines is 1. The molecule has 1 aromatic carbocycles. The number of hydrogen-bond donors (Lipinski definition) is 1. The summed E-state index contributed by atoms with van der Waals surface area (Å²) in [6.45, 7) is 2.73. The van der Waals surface area contributed by atoms with Gasteiger partial charge in [-0.3, -0.25) is 9.59 Å². The molecule has 4 nitrogen and oxygen atoms in total. The Hall–Kier alpha value is -2.14. The molecule has 1 fully saturated rings. The van der Waals surface area contributed by atoms with E-state index >= 15 is 0 Å². The first-order valence-electron chi connectivity index (χ1n) is 7.93. The van der Waals surface area contributed by atoms with E-state index in [0.29, 0.717) is 11.4 Å². The fraction of sp³-hybridized carbons (Fsp3) is 0.333. The van der Waals surface area contributed by atoms with Crippen molar-refractivity contribution in [3.63, 3.8) is 0 Å². The number of hydrogen-bond acceptors (Lipinski definition) is 3. The van der Waals surface area contributed by atoms with Crippen LogP contribution in [0.1, 0.15) is 35.0 Å². The van der Waals surface area contributed by atoms with Gasteiger partial charge in [0, 0.05) is 12.2 Å². The molecule has 0 aliphatic carbocycles. The molecule has 0 radical (unpaired) electrons. The molecule has 1 aliphatic heterocycles. The Morgan fingerprint density at radius 2 is 2.17 bits per heavy atom. The number of rotatable bonds is 4. The van der Waals surface area contributed by atoms with Gasteiger partial charge in [0.25, 0.3) is 5.91 Å². The van der Waals surface area contributed by atoms with E-state index < -0.39 is 0 Å². The Kier molecular flexibility index (Phi) is 4.76. The summed E-state index contributed by atoms with van der Waals surface area (Å²) in [5, 5.41) is 4.84. The molecule has 2 amide bonds. The van der Waals surface area contributed by atoms with E-state index in [-0.39, 0.29) is 17.9 Å². The topological polar surface area (TPSA) is 49.4 Å². The average Bonchev–Trinajstić information content (AvgIpc) is 3.25. The molecular weight excluding hydrogens is 308 g/mol. The van der Waals surface area contributed by atoms with Crippen LogP contribution in [0.15, 0.2) is 41.8 Å². The predicted molar refractivity (Wildman–Crippen MR) is 92.8 cm³/mol. The van der Waals surface area contributed by atoms with Crippen molar-refractivity contribution in [3.8, 4) is 0 Å². The summed E-state index contributed by atoms with van der Waals surface area (Å²) in [7, 11) is 0. The van der Waals surface area contributed by atoms with Crippen LogP contribution in [-0.4, -0.2) is 29.3 Å². The number of carbonyl (C=O) groups is 2. The van der Waals surface area contributed by atoms with Gasteiger partial charge in [0.15, 0.2) is 0 Å². The van der Waals surface area contributed by atoms with Crippen LogP contribution in [0.4, 0.5) is 5.69 Å². The van der Waals surface area contributed by atoms with Gasteiger partial charge in [-0.15, -0.1) is 11.3 Å². The molecule has 0 saturated carbocycles. The summed E-state index contributed by atoms with van der Waals surface area (Å²) in [5.74, 6) is -0.138. The summed E-state index contributed by atoms with van der Waals surface area (Å²) >= 11 is 1.42. The molecule has 0 spiro atoms. The van der Waals surface area contributed by atoms with E-state index in [1.54, 1.807) is 4.90 Å². The minimum atomic E-state index is -0.380. The highest BCUT2D eigenvalue weighted by molar-refractivity contribution is 7.12. The largest absolute Gasteiger partial charge is 0.326 e. The zero-order valence-electron chi connectivity index (χ0n) is 13.1. The summed E-state index contributed by atoms with van der Waals surface area (Å²) in [5.41, 5.74) is 1.98. The lowest BCUT2D eigenvalue weighted by atomic mass is 10.1. The van der Waals surface area contributed by atoms with Gasteiger partial charge in [-0.2, -0.15) is 0 Å². The Balaban J connectivity index is 1.71. The van der Waals surface area contributed by atoms with Gasteiger partial charge in [-0.1, -0.05) is 25.1 Å². The quantitative estimate of drug-likeness (QED) is 0.933. The van der Waals surface area contributed by atoms with Crippen LogP contribution in [-0.2, 0) is 11.2 Å². The number of carbonyl (C=O) groups excluding carboxylic acids is 2. The third kappa shape index (κ3) is 3.45. The number of nitrogens with one attached hydrogen (secondary N) is 1. The van der Waals surface area contributed by atoms with Crippen molar-refractivity contribution in [3.05, 3.63) is 52.2 Å². The molecule has 120 valence electrons. The van der Waals surface area contributed by atoms with E-state index in [1.165, 1.54) is 16.9 Å². The molecule has 2 heterocycles. The van der Waals surface area contributed by atoms with Gasteiger partial charge in [0.2, 0.25) is 5.91 Å². The molecule has 23 heavy (non-hydrogen) atoms. The summed E-state index contributed by atoms with van der Waals surface area (Å²) < 4.78 is 0. The lowest BCUT2D eigenvalue weighted by Crippen LogP contribution is -2.42. The molecule has 1 atom stereocenters. The first-order chi connectivity index (χ1) is 11.2. The zero-order valence-corrected chi connectivity index (χ0v) is 13.9. The van der Waals surface area contributed by atoms with E-state index in [0.717, 1.165) is 24.9 Å². The maximum Gasteiger partial charge on any atom is 0.264 e. The van der Waals surface area contributed by atoms with Gasteiger partial charge < -0.3 is 10.2 Å². The van der Waals surface area contributed by atoms with Gasteiger partial charge in [-0.05, 0) is 48.4 Å². The monoisotopic (exact) mass is 328 g/mol. The molecule has 5 heteroatoms. The molecule has 1 aliphatic rings. The average molecular weight is 328 g/mol. The number of nitrogens with zero attached hydrogens (tertiary/aromatic N) is 1. The number of thiophene rings is 1. The molecule has 1 aromatic heterocycles. The van der Waals surface area contributed by atoms with Crippen molar-refractivity contribution in [1.29, 1.82) is 0 Å². The standard InChI is InChI=1S/C18H20N2O2S/c1-2-13-6-3-7-14(12-13)19-17(21)15-8-4-10-20(15)18(22)16-9-5-11-23-16/h3,5-7,9,11-12,15H,2,4,8,10H2,1H3,(H,19,21)/t15-/m1/s1. The molecule has 2 aromatic rings. The van der Waals surface area contributed by atoms with E-state index in [4.69, 9.17) is 0 Å². The van der Waals surface area contributed by atoms with Crippen molar-refractivity contribution in [2.45, 2.75) is 32.2 Å². The van der Waals surface area contributed by atoms with Crippen molar-refractivity contribution in [1.82, 2.24) is 4.90 Å². The van der Waals surface area contributed by atoms with Crippen molar-refractivity contribution >= 4 is 28.8 Å². The first-order valence-corrected chi connectivity index (χ1v) is 8.81. The summed E-state index contributed by atoms with van der Waals surface area (Å²) in [6, 6.07) is 11.1. The Morgan fingerprint density at radius 1 is 1.30 bits per heavy atom. The highest BCUT2D eigenvalue weighted by atomic mass is 32.1. The van der Waals surface area contributed by atoms with Crippen LogP contribution in [0.25, 0.3) is 0 Å². The smallest absolute Gasteiger partial charge is 0.264 e. The zero-order chi connectivity index (χ0) is 16.2. The minimum absolute atomic E-state index is 0.0417. The SMILES string of the molecule is CCc1cccc(NC(=O)[C@H]2CCCN2C(=O)c2cccs2)c1. The van der Waals surface area contributed by atoms with Crippen molar-refractivity contribution in [2.75, 3.05) is 11.9 Å². The van der Waals surface area contributed by atoms with Crippen LogP contribution in [0.2, 0.25) is 0 Å². The Morgan fingerprint density at radius 3 is 2.91 bits per heavy atom. The van der Waals surface area contributed by atoms with Gasteiger partial charge in [0.05, 0.1) is 4.88 Å². The van der Waals surface area contributed by atoms with Crippen molar-refractivity contribution < 1.29 is 9.59 Å². The molecular formula is C18H20N2O2S. The van der Waals surface area contributed by atoms with Gasteiger partial charge in [-0.25, -0.2) is 0 Å². The Labute approximate surface area is 140 Å². The molecule has 1 saturated heterocycles. The lowest BCUT2D eigenvalue weighted by molar-refractivity contribution is -0.119. The maximum atomic E-state index is 12.6. The second-order valence-corrected chi connectivity index (χ2v) is 6.62. The highest BCUT2D eigenvalue weighted by Crippen LogP contribution is 2.23. The van der Waals surface area contributed by atoms with E-state index in [9.17, 15) is 9.59 Å². The van der Waals surface area contributed by atoms with Crippen LogP contribution in [0, 0.1) is 0 Å². The number of likely N-dealkylation sites (tertiary alicyclic amines) is 1. The summed E-state index contributed by atoms with van der Waals surface area (Å²) in [6.07, 6.45) is 2.51. The van der Waals surface area contributed by atoms with Crippen LogP contribution >= 0.6 is 11.3 Å². The van der Waals surface area contributed by atoms with Crippen LogP contribution in [0.5, 0.6) is 0 Å². The second kappa shape index (κ2) is 6.96. The maximum absolute atomic E-state index is 12.6. The number of amides is 2. The lowest BCUT2D eigenvalue weighted by Gasteiger charge is -2.23. The second-order valence-electron chi connectivity index (χ2n) is 5.68. The minimum Gasteiger partial charge on any atom is -0.326 e. The normalized spacial score (nSPS) is 17.3. The third-order valence-electron chi connectivity index (χ3n) is 4.15. The third-order valence-corrected chi connectivity index (χ3v) is 5.01. The van der Waals surface area contributed by atoms with E-state index in [1.807, 2.05) is 41.8 Å². The predicted octanol–water partition coefficient (Wildman–Crippen LogP) is 3.55. The van der Waals surface area contributed by atoms with E-state index in [2.05, 4.69) is 12.2 Å². The fourth-order valence-corrected chi connectivity index (χ4v) is 3.60. The fourth-order valence-electron chi connectivity index (χ4n) is 2.92. The molecule has 0 bridgehead atoms. The highest BCUT2D eigenvalue weighted by Gasteiger charge is 2.34. The van der Waals surface area contributed by atoms with Crippen molar-refractivity contribution in [2.24, 2.45) is 0 Å². The van der Waals surface area contributed by atoms with Gasteiger partial charge in [0.1, 0.15) is 6.04 Å². The number of benzene rings is 1. The Bertz CT molecular complexity index is 697. The number of aryl methyl sites for hydroxylation is 1. The molecule has 1 N–H and O–H groups in total.